The summed E-state index contributed by atoms with van der Waals surface area (Å²) in [6.07, 6.45) is 9.54. The SMILES string of the molecule is C/C=C/CC1CCc2ccc3cc4ccccc4cc3c2C1.C=NOC(C)=O. The summed E-state index contributed by atoms with van der Waals surface area (Å²) in [5.74, 6) is 0.366. The second-order valence-corrected chi connectivity index (χ2v) is 7.25. The van der Waals surface area contributed by atoms with E-state index in [1.807, 2.05) is 0 Å². The zero-order valence-electron chi connectivity index (χ0n) is 16.7. The van der Waals surface area contributed by atoms with Crippen molar-refractivity contribution >= 4 is 34.2 Å². The van der Waals surface area contributed by atoms with Crippen molar-refractivity contribution in [2.45, 2.75) is 39.5 Å². The molecule has 3 aromatic rings. The Balaban J connectivity index is 0.000000330. The number of aryl methyl sites for hydroxylation is 1. The molecule has 1 aliphatic carbocycles. The molecule has 3 aromatic carbocycles. The molecule has 1 atom stereocenters. The van der Waals surface area contributed by atoms with E-state index in [0.717, 1.165) is 5.92 Å². The van der Waals surface area contributed by atoms with Crippen molar-refractivity contribution < 1.29 is 9.63 Å². The van der Waals surface area contributed by atoms with E-state index in [1.54, 1.807) is 11.1 Å². The van der Waals surface area contributed by atoms with Gasteiger partial charge in [-0.3, -0.25) is 0 Å². The van der Waals surface area contributed by atoms with Crippen LogP contribution in [-0.4, -0.2) is 12.7 Å². The second-order valence-electron chi connectivity index (χ2n) is 7.25. The van der Waals surface area contributed by atoms with E-state index in [2.05, 4.69) is 84.3 Å². The lowest BCUT2D eigenvalue weighted by molar-refractivity contribution is -0.140. The molecule has 0 radical (unpaired) electrons. The topological polar surface area (TPSA) is 38.7 Å². The van der Waals surface area contributed by atoms with Crippen LogP contribution in [0, 0.1) is 5.92 Å². The van der Waals surface area contributed by atoms with Crippen molar-refractivity contribution in [2.24, 2.45) is 11.1 Å². The molecular formula is C25H27NO2. The largest absolute Gasteiger partial charge is 0.331 e. The van der Waals surface area contributed by atoms with Gasteiger partial charge in [-0.1, -0.05) is 53.7 Å². The van der Waals surface area contributed by atoms with Gasteiger partial charge in [0.15, 0.2) is 0 Å². The average molecular weight is 373 g/mol. The van der Waals surface area contributed by atoms with E-state index in [4.69, 9.17) is 0 Å². The Hall–Kier alpha value is -2.94. The number of rotatable bonds is 3. The van der Waals surface area contributed by atoms with Gasteiger partial charge in [0.25, 0.3) is 0 Å². The first-order chi connectivity index (χ1) is 13.6. The molecule has 28 heavy (non-hydrogen) atoms. The quantitative estimate of drug-likeness (QED) is 0.179. The summed E-state index contributed by atoms with van der Waals surface area (Å²) >= 11 is 0. The van der Waals surface area contributed by atoms with Crippen molar-refractivity contribution in [1.82, 2.24) is 0 Å². The van der Waals surface area contributed by atoms with Crippen LogP contribution in [0.1, 0.15) is 37.8 Å². The molecule has 3 heteroatoms. The Morgan fingerprint density at radius 2 is 1.93 bits per heavy atom. The van der Waals surface area contributed by atoms with Crippen LogP contribution in [0.2, 0.25) is 0 Å². The van der Waals surface area contributed by atoms with Crippen LogP contribution in [0.3, 0.4) is 0 Å². The van der Waals surface area contributed by atoms with Gasteiger partial charge < -0.3 is 4.84 Å². The molecule has 0 N–H and O–H groups in total. The Kier molecular flexibility index (Phi) is 6.59. The van der Waals surface area contributed by atoms with Crippen LogP contribution < -0.4 is 0 Å². The van der Waals surface area contributed by atoms with Crippen LogP contribution in [0.15, 0.2) is 65.8 Å². The van der Waals surface area contributed by atoms with Gasteiger partial charge in [0.2, 0.25) is 0 Å². The maximum absolute atomic E-state index is 9.69. The number of hydrogen-bond donors (Lipinski definition) is 0. The molecule has 144 valence electrons. The molecule has 0 spiro atoms. The fourth-order valence-corrected chi connectivity index (χ4v) is 3.97. The monoisotopic (exact) mass is 373 g/mol. The highest BCUT2D eigenvalue weighted by atomic mass is 16.7. The van der Waals surface area contributed by atoms with E-state index in [-0.39, 0.29) is 0 Å². The van der Waals surface area contributed by atoms with Crippen molar-refractivity contribution in [3.63, 3.8) is 0 Å². The summed E-state index contributed by atoms with van der Waals surface area (Å²) in [4.78, 5) is 13.6. The van der Waals surface area contributed by atoms with Gasteiger partial charge in [-0.15, -0.1) is 0 Å². The molecule has 0 aliphatic heterocycles. The standard InChI is InChI=1S/C22H22.C3H5NO2/c1-2-3-6-16-9-10-17-11-12-20-14-18-7-4-5-8-19(18)15-22(20)21(17)13-16;1-3(5)6-4-2/h2-5,7-8,11-12,14-16H,6,9-10,13H2,1H3;2H2,1H3/b3-2+;. The normalized spacial score (nSPS) is 15.7. The number of carbonyl (C=O) groups is 1. The fourth-order valence-electron chi connectivity index (χ4n) is 3.97. The molecule has 0 heterocycles. The van der Waals surface area contributed by atoms with Crippen LogP contribution in [-0.2, 0) is 22.5 Å². The van der Waals surface area contributed by atoms with E-state index in [1.165, 1.54) is 54.2 Å². The van der Waals surface area contributed by atoms with E-state index in [9.17, 15) is 4.79 Å². The maximum atomic E-state index is 9.69. The Morgan fingerprint density at radius 1 is 1.18 bits per heavy atom. The highest BCUT2D eigenvalue weighted by Gasteiger charge is 2.19. The first-order valence-electron chi connectivity index (χ1n) is 9.80. The average Bonchev–Trinajstić information content (AvgIpc) is 2.71. The van der Waals surface area contributed by atoms with E-state index in [0.29, 0.717) is 0 Å². The second kappa shape index (κ2) is 9.32. The summed E-state index contributed by atoms with van der Waals surface area (Å²) in [5, 5.41) is 8.41. The number of allylic oxidation sites excluding steroid dienone is 2. The molecule has 1 unspecified atom stereocenters. The number of oxime groups is 1. The van der Waals surface area contributed by atoms with Gasteiger partial charge in [-0.2, -0.15) is 0 Å². The number of hydrogen-bond acceptors (Lipinski definition) is 3. The smallest absolute Gasteiger partial charge is 0.319 e. The number of carbonyl (C=O) groups excluding carboxylic acids is 1. The molecule has 0 saturated carbocycles. The zero-order valence-corrected chi connectivity index (χ0v) is 16.7. The molecule has 0 amide bonds. The van der Waals surface area contributed by atoms with Gasteiger partial charge >= 0.3 is 5.97 Å². The predicted molar refractivity (Wildman–Crippen MR) is 118 cm³/mol. The highest BCUT2D eigenvalue weighted by molar-refractivity contribution is 6.00. The third-order valence-corrected chi connectivity index (χ3v) is 5.31. The summed E-state index contributed by atoms with van der Waals surface area (Å²) in [5.41, 5.74) is 3.17. The van der Waals surface area contributed by atoms with Gasteiger partial charge in [0, 0.05) is 13.6 Å². The van der Waals surface area contributed by atoms with Gasteiger partial charge in [-0.25, -0.2) is 4.79 Å². The highest BCUT2D eigenvalue weighted by Crippen LogP contribution is 2.35. The number of benzene rings is 3. The van der Waals surface area contributed by atoms with E-state index >= 15 is 0 Å². The third kappa shape index (κ3) is 4.66. The van der Waals surface area contributed by atoms with Crippen molar-refractivity contribution in [2.75, 3.05) is 0 Å². The molecule has 0 saturated heterocycles. The minimum Gasteiger partial charge on any atom is -0.319 e. The lowest BCUT2D eigenvalue weighted by Crippen LogP contribution is -2.14. The van der Waals surface area contributed by atoms with Crippen LogP contribution in [0.25, 0.3) is 21.5 Å². The maximum Gasteiger partial charge on any atom is 0.331 e. The Bertz CT molecular complexity index is 1020. The minimum absolute atomic E-state index is 0.440. The van der Waals surface area contributed by atoms with Gasteiger partial charge in [-0.05, 0) is 83.3 Å². The summed E-state index contributed by atoms with van der Waals surface area (Å²) in [7, 11) is 0. The Morgan fingerprint density at radius 3 is 2.57 bits per heavy atom. The summed E-state index contributed by atoms with van der Waals surface area (Å²) in [6, 6.07) is 18.1. The molecule has 3 nitrogen and oxygen atoms in total. The molecule has 1 aliphatic rings. The number of nitrogens with zero attached hydrogens (tertiary/aromatic N) is 1. The molecule has 0 bridgehead atoms. The summed E-state index contributed by atoms with van der Waals surface area (Å²) in [6.45, 7) is 6.29. The fraction of sp³-hybridized carbons (Fsp3) is 0.280. The first-order valence-corrected chi connectivity index (χ1v) is 9.80. The molecule has 0 aromatic heterocycles. The minimum atomic E-state index is -0.440. The molecular weight excluding hydrogens is 346 g/mol. The zero-order chi connectivity index (χ0) is 19.9. The van der Waals surface area contributed by atoms with Gasteiger partial charge in [0.05, 0.1) is 0 Å². The van der Waals surface area contributed by atoms with Crippen molar-refractivity contribution in [3.05, 3.63) is 71.8 Å². The molecule has 0 fully saturated rings. The number of fused-ring (bicyclic) bond motifs is 4. The van der Waals surface area contributed by atoms with Gasteiger partial charge in [0.1, 0.15) is 0 Å². The first kappa shape index (κ1) is 19.8. The van der Waals surface area contributed by atoms with Crippen LogP contribution in [0.5, 0.6) is 0 Å². The van der Waals surface area contributed by atoms with Crippen LogP contribution >= 0.6 is 0 Å². The van der Waals surface area contributed by atoms with E-state index < -0.39 is 5.97 Å². The summed E-state index contributed by atoms with van der Waals surface area (Å²) < 4.78 is 0. The predicted octanol–water partition coefficient (Wildman–Crippen LogP) is 6.23. The molecule has 4 rings (SSSR count). The third-order valence-electron chi connectivity index (χ3n) is 5.31. The lowest BCUT2D eigenvalue weighted by atomic mass is 9.80. The lowest BCUT2D eigenvalue weighted by Gasteiger charge is -2.25. The van der Waals surface area contributed by atoms with Crippen LogP contribution in [0.4, 0.5) is 0 Å². The van der Waals surface area contributed by atoms with Crippen molar-refractivity contribution in [1.29, 1.82) is 0 Å². The van der Waals surface area contributed by atoms with Crippen molar-refractivity contribution in [3.8, 4) is 0 Å². The Labute approximate surface area is 166 Å².